The molecule has 0 bridgehead atoms. The maximum absolute atomic E-state index is 12.9. The normalized spacial score (nSPS) is 16.5. The Morgan fingerprint density at radius 1 is 1.14 bits per heavy atom. The Morgan fingerprint density at radius 2 is 1.86 bits per heavy atom. The zero-order chi connectivity index (χ0) is 19.9. The van der Waals surface area contributed by atoms with E-state index in [-0.39, 0.29) is 16.3 Å². The maximum Gasteiger partial charge on any atom is 0.296 e. The second-order valence-corrected chi connectivity index (χ2v) is 8.92. The van der Waals surface area contributed by atoms with Gasteiger partial charge in [-0.05, 0) is 43.0 Å². The highest BCUT2D eigenvalue weighted by molar-refractivity contribution is 7.89. The molecule has 3 aromatic rings. The fourth-order valence-electron chi connectivity index (χ4n) is 3.41. The van der Waals surface area contributed by atoms with Gasteiger partial charge in [0.1, 0.15) is 11.2 Å². The van der Waals surface area contributed by atoms with Crippen LogP contribution in [-0.4, -0.2) is 45.7 Å². The van der Waals surface area contributed by atoms with Crippen LogP contribution in [0.3, 0.4) is 0 Å². The lowest BCUT2D eigenvalue weighted by molar-refractivity contribution is -0.384. The summed E-state index contributed by atoms with van der Waals surface area (Å²) in [7, 11) is -3.79. The van der Waals surface area contributed by atoms with Crippen LogP contribution in [0.4, 0.5) is 5.69 Å². The van der Waals surface area contributed by atoms with Gasteiger partial charge in [0.05, 0.1) is 15.3 Å². The third kappa shape index (κ3) is 3.14. The van der Waals surface area contributed by atoms with Gasteiger partial charge in [-0.2, -0.15) is 4.31 Å². The van der Waals surface area contributed by atoms with Crippen LogP contribution in [-0.2, 0) is 10.0 Å². The molecule has 0 atom stereocenters. The van der Waals surface area contributed by atoms with Gasteiger partial charge in [-0.3, -0.25) is 10.1 Å². The zero-order valence-electron chi connectivity index (χ0n) is 15.2. The van der Waals surface area contributed by atoms with Crippen molar-refractivity contribution in [1.82, 2.24) is 19.3 Å². The van der Waals surface area contributed by atoms with Crippen molar-refractivity contribution in [1.29, 1.82) is 0 Å². The summed E-state index contributed by atoms with van der Waals surface area (Å²) in [5.41, 5.74) is 1.04. The third-order valence-corrected chi connectivity index (χ3v) is 7.00. The van der Waals surface area contributed by atoms with Crippen molar-refractivity contribution in [3.05, 3.63) is 52.6 Å². The zero-order valence-corrected chi connectivity index (χ0v) is 16.0. The smallest absolute Gasteiger partial charge is 0.258 e. The van der Waals surface area contributed by atoms with Gasteiger partial charge in [0.25, 0.3) is 5.69 Å². The lowest BCUT2D eigenvalue weighted by atomic mass is 10.0. The number of aromatic nitrogens is 3. The Labute approximate surface area is 161 Å². The van der Waals surface area contributed by atoms with Crippen molar-refractivity contribution in [3.63, 3.8) is 0 Å². The van der Waals surface area contributed by atoms with Gasteiger partial charge in [0.15, 0.2) is 0 Å². The molecule has 1 aliphatic heterocycles. The highest BCUT2D eigenvalue weighted by Gasteiger charge is 2.30. The summed E-state index contributed by atoms with van der Waals surface area (Å²) in [6.07, 6.45) is 1.56. The first-order chi connectivity index (χ1) is 13.4. The molecule has 28 heavy (non-hydrogen) atoms. The number of fused-ring (bicyclic) bond motifs is 1. The third-order valence-electron chi connectivity index (χ3n) is 5.10. The topological polar surface area (TPSA) is 111 Å². The molecule has 1 aromatic heterocycles. The largest absolute Gasteiger partial charge is 0.296 e. The van der Waals surface area contributed by atoms with Crippen molar-refractivity contribution < 1.29 is 13.3 Å². The summed E-state index contributed by atoms with van der Waals surface area (Å²) in [5, 5.41) is 19.7. The summed E-state index contributed by atoms with van der Waals surface area (Å²) in [6, 6.07) is 11.0. The number of para-hydroxylation sites is 1. The summed E-state index contributed by atoms with van der Waals surface area (Å²) < 4.78 is 28.6. The summed E-state index contributed by atoms with van der Waals surface area (Å²) >= 11 is 0. The number of hydrogen-bond acceptors (Lipinski definition) is 6. The molecule has 0 unspecified atom stereocenters. The highest BCUT2D eigenvalue weighted by atomic mass is 32.2. The van der Waals surface area contributed by atoms with E-state index in [4.69, 9.17) is 0 Å². The molecule has 0 aliphatic carbocycles. The molecular formula is C18H19N5O4S. The van der Waals surface area contributed by atoms with E-state index in [1.165, 1.54) is 21.1 Å². The number of piperidine rings is 1. The number of nitro groups is 1. The quantitative estimate of drug-likeness (QED) is 0.491. The number of sulfonamides is 1. The van der Waals surface area contributed by atoms with Crippen LogP contribution in [0.2, 0.25) is 0 Å². The van der Waals surface area contributed by atoms with E-state index >= 15 is 0 Å². The van der Waals surface area contributed by atoms with E-state index in [0.717, 1.165) is 18.9 Å². The van der Waals surface area contributed by atoms with Crippen LogP contribution >= 0.6 is 0 Å². The summed E-state index contributed by atoms with van der Waals surface area (Å²) in [6.45, 7) is 2.94. The molecular weight excluding hydrogens is 382 g/mol. The lowest BCUT2D eigenvalue weighted by Crippen LogP contribution is -2.37. The number of rotatable bonds is 4. The Bertz CT molecular complexity index is 1150. The Hall–Kier alpha value is -2.85. The highest BCUT2D eigenvalue weighted by Crippen LogP contribution is 2.30. The predicted molar refractivity (Wildman–Crippen MR) is 103 cm³/mol. The second-order valence-electron chi connectivity index (χ2n) is 6.98. The minimum absolute atomic E-state index is 0.0816. The minimum Gasteiger partial charge on any atom is -0.258 e. The average molecular weight is 401 g/mol. The molecule has 10 heteroatoms. The van der Waals surface area contributed by atoms with E-state index in [2.05, 4.69) is 17.2 Å². The predicted octanol–water partition coefficient (Wildman–Crippen LogP) is 2.75. The standard InChI is InChI=1S/C18H19N5O4S/c1-13-8-10-21(11-9-13)28(26,27)14-6-7-17(18(12-14)23(24)25)22-16-5-3-2-4-15(16)19-20-22/h2-7,12-13H,8-11H2,1H3. The van der Waals surface area contributed by atoms with E-state index < -0.39 is 14.9 Å². The Balaban J connectivity index is 1.79. The monoisotopic (exact) mass is 401 g/mol. The Morgan fingerprint density at radius 3 is 2.57 bits per heavy atom. The molecule has 0 amide bonds. The van der Waals surface area contributed by atoms with Crippen molar-refractivity contribution >= 4 is 26.7 Å². The van der Waals surface area contributed by atoms with E-state index in [1.807, 2.05) is 0 Å². The summed E-state index contributed by atoms with van der Waals surface area (Å²) in [4.78, 5) is 11.0. The minimum atomic E-state index is -3.79. The van der Waals surface area contributed by atoms with E-state index in [9.17, 15) is 18.5 Å². The van der Waals surface area contributed by atoms with Crippen LogP contribution in [0.5, 0.6) is 0 Å². The van der Waals surface area contributed by atoms with Crippen LogP contribution in [0, 0.1) is 16.0 Å². The van der Waals surface area contributed by atoms with Gasteiger partial charge in [0, 0.05) is 19.2 Å². The first-order valence-corrected chi connectivity index (χ1v) is 10.4. The summed E-state index contributed by atoms with van der Waals surface area (Å²) in [5.74, 6) is 0.476. The van der Waals surface area contributed by atoms with Gasteiger partial charge in [0.2, 0.25) is 10.0 Å². The molecule has 2 aromatic carbocycles. The van der Waals surface area contributed by atoms with Crippen LogP contribution in [0.25, 0.3) is 16.7 Å². The van der Waals surface area contributed by atoms with Crippen molar-refractivity contribution in [3.8, 4) is 5.69 Å². The molecule has 146 valence electrons. The molecule has 1 aliphatic rings. The molecule has 2 heterocycles. The van der Waals surface area contributed by atoms with Gasteiger partial charge in [-0.15, -0.1) is 5.10 Å². The number of hydrogen-bond donors (Lipinski definition) is 0. The molecule has 0 saturated carbocycles. The van der Waals surface area contributed by atoms with Crippen molar-refractivity contribution in [2.45, 2.75) is 24.7 Å². The molecule has 1 fully saturated rings. The van der Waals surface area contributed by atoms with Gasteiger partial charge < -0.3 is 0 Å². The van der Waals surface area contributed by atoms with Gasteiger partial charge >= 0.3 is 0 Å². The molecule has 1 saturated heterocycles. The molecule has 0 spiro atoms. The molecule has 9 nitrogen and oxygen atoms in total. The molecule has 0 N–H and O–H groups in total. The second kappa shape index (κ2) is 6.95. The van der Waals surface area contributed by atoms with Crippen LogP contribution in [0.1, 0.15) is 19.8 Å². The number of nitro benzene ring substituents is 1. The fraction of sp³-hybridized carbons (Fsp3) is 0.333. The van der Waals surface area contributed by atoms with Gasteiger partial charge in [-0.25, -0.2) is 13.1 Å². The maximum atomic E-state index is 12.9. The lowest BCUT2D eigenvalue weighted by Gasteiger charge is -2.29. The molecule has 0 radical (unpaired) electrons. The SMILES string of the molecule is CC1CCN(S(=O)(=O)c2ccc(-n3nnc4ccccc43)c([N+](=O)[O-])c2)CC1. The van der Waals surface area contributed by atoms with Crippen molar-refractivity contribution in [2.75, 3.05) is 13.1 Å². The molecule has 4 rings (SSSR count). The fourth-order valence-corrected chi connectivity index (χ4v) is 4.90. The van der Waals surface area contributed by atoms with Gasteiger partial charge in [-0.1, -0.05) is 24.3 Å². The Kier molecular flexibility index (Phi) is 4.60. The average Bonchev–Trinajstić information content (AvgIpc) is 3.12. The first kappa shape index (κ1) is 18.5. The van der Waals surface area contributed by atoms with E-state index in [0.29, 0.717) is 30.0 Å². The van der Waals surface area contributed by atoms with E-state index in [1.54, 1.807) is 24.3 Å². The number of benzene rings is 2. The first-order valence-electron chi connectivity index (χ1n) is 8.97. The number of nitrogens with zero attached hydrogens (tertiary/aromatic N) is 5. The van der Waals surface area contributed by atoms with Crippen molar-refractivity contribution in [2.24, 2.45) is 5.92 Å². The van der Waals surface area contributed by atoms with Crippen LogP contribution < -0.4 is 0 Å². The van der Waals surface area contributed by atoms with Crippen LogP contribution in [0.15, 0.2) is 47.4 Å².